The number of amides is 1. The molecular weight excluding hydrogens is 296 g/mol. The summed E-state index contributed by atoms with van der Waals surface area (Å²) in [4.78, 5) is 30.2. The molecule has 0 bridgehead atoms. The highest BCUT2D eigenvalue weighted by atomic mass is 16.4. The van der Waals surface area contributed by atoms with Gasteiger partial charge in [-0.3, -0.25) is 14.5 Å². The van der Waals surface area contributed by atoms with Crippen molar-refractivity contribution in [3.63, 3.8) is 0 Å². The summed E-state index contributed by atoms with van der Waals surface area (Å²) in [6.45, 7) is 3.96. The number of carbonyl (C=O) groups is 2. The monoisotopic (exact) mass is 320 g/mol. The molecule has 2 aliphatic rings. The van der Waals surface area contributed by atoms with E-state index in [0.717, 1.165) is 13.1 Å². The number of fused-ring (bicyclic) bond motifs is 1. The molecule has 1 aromatic heterocycles. The molecule has 0 spiro atoms. The maximum absolute atomic E-state index is 12.7. The smallest absolute Gasteiger partial charge is 0.309 e. The van der Waals surface area contributed by atoms with E-state index in [1.165, 1.54) is 0 Å². The van der Waals surface area contributed by atoms with E-state index in [9.17, 15) is 14.7 Å². The lowest BCUT2D eigenvalue weighted by atomic mass is 10.1. The first-order chi connectivity index (χ1) is 11.0. The van der Waals surface area contributed by atoms with Gasteiger partial charge in [-0.1, -0.05) is 0 Å². The highest BCUT2D eigenvalue weighted by Crippen LogP contribution is 2.19. The van der Waals surface area contributed by atoms with E-state index in [2.05, 4.69) is 9.80 Å². The van der Waals surface area contributed by atoms with Gasteiger partial charge in [0.1, 0.15) is 5.69 Å². The Morgan fingerprint density at radius 1 is 1.13 bits per heavy atom. The minimum absolute atomic E-state index is 0.0545. The van der Waals surface area contributed by atoms with E-state index in [-0.39, 0.29) is 17.9 Å². The van der Waals surface area contributed by atoms with Crippen molar-refractivity contribution in [3.8, 4) is 0 Å². The van der Waals surface area contributed by atoms with Gasteiger partial charge in [0, 0.05) is 58.6 Å². The lowest BCUT2D eigenvalue weighted by Crippen LogP contribution is -2.57. The summed E-state index contributed by atoms with van der Waals surface area (Å²) >= 11 is 0. The number of piperazine rings is 1. The van der Waals surface area contributed by atoms with Crippen molar-refractivity contribution in [2.75, 3.05) is 46.3 Å². The van der Waals surface area contributed by atoms with E-state index >= 15 is 0 Å². The molecule has 2 aliphatic heterocycles. The second kappa shape index (κ2) is 6.33. The molecule has 0 aromatic carbocycles. The Bertz CT molecular complexity index is 600. The van der Waals surface area contributed by atoms with Gasteiger partial charge in [0.15, 0.2) is 0 Å². The molecule has 1 amide bonds. The van der Waals surface area contributed by atoms with E-state index in [0.29, 0.717) is 31.9 Å². The molecule has 0 radical (unpaired) electrons. The van der Waals surface area contributed by atoms with Gasteiger partial charge in [0.05, 0.1) is 5.92 Å². The lowest BCUT2D eigenvalue weighted by molar-refractivity contribution is -0.142. The minimum atomic E-state index is -0.736. The molecule has 0 saturated carbocycles. The third-order valence-corrected chi connectivity index (χ3v) is 4.91. The number of aryl methyl sites for hydroxylation is 1. The fourth-order valence-corrected chi connectivity index (χ4v) is 3.64. The Hall–Kier alpha value is -1.86. The highest BCUT2D eigenvalue weighted by molar-refractivity contribution is 5.92. The number of hydrogen-bond acceptors (Lipinski definition) is 4. The molecule has 1 N–H and O–H groups in total. The SMILES string of the molecule is CN1C[C@@H](C(=O)O)CN2CCN(C(=O)c3cccn3C)C[C@@H]2C1. The number of hydrogen-bond donors (Lipinski definition) is 1. The maximum atomic E-state index is 12.7. The predicted octanol–water partition coefficient (Wildman–Crippen LogP) is -0.202. The van der Waals surface area contributed by atoms with Crippen molar-refractivity contribution in [3.05, 3.63) is 24.0 Å². The molecular formula is C16H24N4O3. The summed E-state index contributed by atoms with van der Waals surface area (Å²) in [5, 5.41) is 9.35. The molecule has 0 aliphatic carbocycles. The first-order valence-corrected chi connectivity index (χ1v) is 8.01. The number of carboxylic acid groups (broad SMARTS) is 1. The van der Waals surface area contributed by atoms with Crippen LogP contribution < -0.4 is 0 Å². The van der Waals surface area contributed by atoms with Crippen molar-refractivity contribution in [1.82, 2.24) is 19.3 Å². The van der Waals surface area contributed by atoms with Crippen LogP contribution in [0.2, 0.25) is 0 Å². The van der Waals surface area contributed by atoms with Gasteiger partial charge in [-0.25, -0.2) is 0 Å². The largest absolute Gasteiger partial charge is 0.481 e. The van der Waals surface area contributed by atoms with Gasteiger partial charge in [-0.2, -0.15) is 0 Å². The van der Waals surface area contributed by atoms with Crippen LogP contribution in [0.3, 0.4) is 0 Å². The average Bonchev–Trinajstić information content (AvgIpc) is 2.84. The van der Waals surface area contributed by atoms with E-state index in [1.54, 1.807) is 0 Å². The Balaban J connectivity index is 1.71. The number of likely N-dealkylation sites (N-methyl/N-ethyl adjacent to an activating group) is 1. The number of carboxylic acids is 1. The zero-order valence-corrected chi connectivity index (χ0v) is 13.7. The Morgan fingerprint density at radius 2 is 1.91 bits per heavy atom. The van der Waals surface area contributed by atoms with Crippen LogP contribution in [0.4, 0.5) is 0 Å². The summed E-state index contributed by atoms with van der Waals surface area (Å²) in [5.74, 6) is -1.04. The van der Waals surface area contributed by atoms with E-state index in [4.69, 9.17) is 0 Å². The van der Waals surface area contributed by atoms with Crippen LogP contribution in [0.1, 0.15) is 10.5 Å². The van der Waals surface area contributed by atoms with Gasteiger partial charge >= 0.3 is 5.97 Å². The van der Waals surface area contributed by atoms with Gasteiger partial charge < -0.3 is 19.5 Å². The molecule has 2 saturated heterocycles. The molecule has 126 valence electrons. The predicted molar refractivity (Wildman–Crippen MR) is 85.3 cm³/mol. The first-order valence-electron chi connectivity index (χ1n) is 8.01. The molecule has 7 nitrogen and oxygen atoms in total. The zero-order valence-electron chi connectivity index (χ0n) is 13.7. The Kier molecular flexibility index (Phi) is 4.41. The fourth-order valence-electron chi connectivity index (χ4n) is 3.64. The quantitative estimate of drug-likeness (QED) is 0.817. The minimum Gasteiger partial charge on any atom is -0.481 e. The maximum Gasteiger partial charge on any atom is 0.309 e. The summed E-state index contributed by atoms with van der Waals surface area (Å²) in [5.41, 5.74) is 0.698. The third-order valence-electron chi connectivity index (χ3n) is 4.91. The number of nitrogens with zero attached hydrogens (tertiary/aromatic N) is 4. The van der Waals surface area contributed by atoms with Crippen LogP contribution in [0, 0.1) is 5.92 Å². The van der Waals surface area contributed by atoms with Gasteiger partial charge in [-0.05, 0) is 19.2 Å². The van der Waals surface area contributed by atoms with Gasteiger partial charge in [0.2, 0.25) is 0 Å². The van der Waals surface area contributed by atoms with Crippen LogP contribution in [-0.4, -0.2) is 88.6 Å². The summed E-state index contributed by atoms with van der Waals surface area (Å²) in [7, 11) is 3.83. The van der Waals surface area contributed by atoms with Crippen molar-refractivity contribution in [2.24, 2.45) is 13.0 Å². The second-order valence-corrected chi connectivity index (χ2v) is 6.66. The molecule has 23 heavy (non-hydrogen) atoms. The van der Waals surface area contributed by atoms with Crippen LogP contribution in [0.25, 0.3) is 0 Å². The lowest BCUT2D eigenvalue weighted by Gasteiger charge is -2.41. The van der Waals surface area contributed by atoms with Gasteiger partial charge in [-0.15, -0.1) is 0 Å². The van der Waals surface area contributed by atoms with Crippen molar-refractivity contribution in [1.29, 1.82) is 0 Å². The van der Waals surface area contributed by atoms with Crippen molar-refractivity contribution in [2.45, 2.75) is 6.04 Å². The van der Waals surface area contributed by atoms with Crippen LogP contribution in [0.5, 0.6) is 0 Å². The molecule has 2 fully saturated rings. The van der Waals surface area contributed by atoms with E-state index < -0.39 is 5.97 Å². The number of aliphatic carboxylic acids is 1. The Labute approximate surface area is 136 Å². The molecule has 2 atom stereocenters. The molecule has 1 aromatic rings. The molecule has 0 unspecified atom stereocenters. The normalized spacial score (nSPS) is 26.6. The summed E-state index contributed by atoms with van der Waals surface area (Å²) < 4.78 is 1.84. The van der Waals surface area contributed by atoms with Crippen molar-refractivity contribution < 1.29 is 14.7 Å². The number of carbonyl (C=O) groups excluding carboxylic acids is 1. The molecule has 7 heteroatoms. The first kappa shape index (κ1) is 16.0. The van der Waals surface area contributed by atoms with Gasteiger partial charge in [0.25, 0.3) is 5.91 Å². The summed E-state index contributed by atoms with van der Waals surface area (Å²) in [6, 6.07) is 3.91. The van der Waals surface area contributed by atoms with Crippen LogP contribution in [0.15, 0.2) is 18.3 Å². The molecule has 3 rings (SSSR count). The average molecular weight is 320 g/mol. The summed E-state index contributed by atoms with van der Waals surface area (Å²) in [6.07, 6.45) is 1.88. The van der Waals surface area contributed by atoms with Crippen LogP contribution in [-0.2, 0) is 11.8 Å². The third kappa shape index (κ3) is 3.25. The highest BCUT2D eigenvalue weighted by Gasteiger charge is 2.36. The fraction of sp³-hybridized carbons (Fsp3) is 0.625. The second-order valence-electron chi connectivity index (χ2n) is 6.66. The van der Waals surface area contributed by atoms with E-state index in [1.807, 2.05) is 41.9 Å². The standard InChI is InChI=1S/C16H24N4O3/c1-17-8-12(16(22)23)9-19-6-7-20(11-13(19)10-17)15(21)14-4-3-5-18(14)2/h3-5,12-13H,6-11H2,1-2H3,(H,22,23)/t12-,13+/m1/s1. The Morgan fingerprint density at radius 3 is 2.57 bits per heavy atom. The topological polar surface area (TPSA) is 69.0 Å². The van der Waals surface area contributed by atoms with Crippen LogP contribution >= 0.6 is 0 Å². The van der Waals surface area contributed by atoms with Crippen molar-refractivity contribution >= 4 is 11.9 Å². The molecule has 3 heterocycles. The zero-order chi connectivity index (χ0) is 16.6. The number of aromatic nitrogens is 1. The number of rotatable bonds is 2.